The number of aliphatic hydroxyl groups is 2. The molecule has 0 bridgehead atoms. The van der Waals surface area contributed by atoms with Crippen LogP contribution in [-0.4, -0.2) is 87.5 Å². The topological polar surface area (TPSA) is 182 Å². The number of amides is 1. The molecule has 1 heterocycles. The van der Waals surface area contributed by atoms with Crippen molar-refractivity contribution in [3.63, 3.8) is 0 Å². The average molecular weight is 736 g/mol. The number of rotatable bonds is 27. The number of carbonyl (C=O) groups excluding carboxylic acids is 1. The molecular formula is C30H53F3N3O10PS. The smallest absolute Gasteiger partial charge is 0.394 e. The summed E-state index contributed by atoms with van der Waals surface area (Å²) >= 11 is 5.10. The van der Waals surface area contributed by atoms with E-state index in [0.717, 1.165) is 31.7 Å². The van der Waals surface area contributed by atoms with Gasteiger partial charge in [-0.15, -0.1) is 0 Å². The fourth-order valence-corrected chi connectivity index (χ4v) is 5.62. The van der Waals surface area contributed by atoms with E-state index in [1.807, 2.05) is 0 Å². The molecular weight excluding hydrogens is 682 g/mol. The standard InChI is InChI=1S/C30H53F3N3O10PS/c1-4-5-6-7-8-9-10-11-12-13-14-15-18-43-20-23(34-26(39)30(31,32)33)21-44-47(41,42)45-22-24(19-37)46-27(29(2,3)40)36-17-16-25(38)35-28(36)48/h16-17,23-24,27,37,40H,4-15,18-22H2,1-3H3,(H,34,39)(H,41,42)(H,35,38,48)/t23-,24-,27+/m0/s1. The van der Waals surface area contributed by atoms with Gasteiger partial charge in [0.2, 0.25) is 0 Å². The number of nitrogens with one attached hydrogen (secondary N) is 2. The summed E-state index contributed by atoms with van der Waals surface area (Å²) in [5.74, 6) is -2.27. The molecule has 280 valence electrons. The van der Waals surface area contributed by atoms with Gasteiger partial charge in [0.25, 0.3) is 5.56 Å². The lowest BCUT2D eigenvalue weighted by atomic mass is 10.1. The molecule has 0 aliphatic rings. The van der Waals surface area contributed by atoms with E-state index >= 15 is 0 Å². The van der Waals surface area contributed by atoms with E-state index < -0.39 is 75.9 Å². The molecule has 0 spiro atoms. The van der Waals surface area contributed by atoms with Crippen LogP contribution in [0.25, 0.3) is 0 Å². The fraction of sp³-hybridized carbons (Fsp3) is 0.833. The first kappa shape index (κ1) is 44.3. The summed E-state index contributed by atoms with van der Waals surface area (Å²) in [6.07, 6.45) is 6.93. The molecule has 0 aliphatic carbocycles. The van der Waals surface area contributed by atoms with Crippen molar-refractivity contribution in [1.29, 1.82) is 0 Å². The molecule has 1 aromatic heterocycles. The van der Waals surface area contributed by atoms with Crippen molar-refractivity contribution < 1.29 is 56.2 Å². The Balaban J connectivity index is 2.59. The Morgan fingerprint density at radius 3 is 2.04 bits per heavy atom. The van der Waals surface area contributed by atoms with Crippen molar-refractivity contribution in [3.8, 4) is 0 Å². The highest BCUT2D eigenvalue weighted by molar-refractivity contribution is 7.71. The van der Waals surface area contributed by atoms with Gasteiger partial charge in [-0.25, -0.2) is 4.57 Å². The molecule has 0 saturated heterocycles. The predicted octanol–water partition coefficient (Wildman–Crippen LogP) is 5.45. The van der Waals surface area contributed by atoms with Gasteiger partial charge in [-0.1, -0.05) is 77.6 Å². The highest BCUT2D eigenvalue weighted by Gasteiger charge is 2.40. The van der Waals surface area contributed by atoms with Crippen LogP contribution < -0.4 is 10.9 Å². The minimum absolute atomic E-state index is 0.114. The summed E-state index contributed by atoms with van der Waals surface area (Å²) in [5, 5.41) is 22.1. The average Bonchev–Trinajstić information content (AvgIpc) is 2.99. The molecule has 0 fully saturated rings. The van der Waals surface area contributed by atoms with Crippen LogP contribution in [-0.2, 0) is 27.9 Å². The number of phosphoric ester groups is 1. The zero-order chi connectivity index (χ0) is 36.2. The molecule has 48 heavy (non-hydrogen) atoms. The number of alkyl halides is 3. The minimum atomic E-state index is -5.20. The van der Waals surface area contributed by atoms with Crippen molar-refractivity contribution in [2.45, 2.75) is 128 Å². The zero-order valence-corrected chi connectivity index (χ0v) is 29.8. The van der Waals surface area contributed by atoms with Gasteiger partial charge in [0, 0.05) is 18.9 Å². The molecule has 4 atom stereocenters. The second kappa shape index (κ2) is 22.9. The monoisotopic (exact) mass is 735 g/mol. The number of ether oxygens (including phenoxy) is 2. The van der Waals surface area contributed by atoms with Crippen molar-refractivity contribution in [1.82, 2.24) is 14.9 Å². The predicted molar refractivity (Wildman–Crippen MR) is 175 cm³/mol. The maximum atomic E-state index is 12.9. The first-order valence-electron chi connectivity index (χ1n) is 16.4. The Hall–Kier alpha value is -1.69. The number of aromatic nitrogens is 2. The first-order chi connectivity index (χ1) is 22.5. The molecule has 0 aliphatic heterocycles. The van der Waals surface area contributed by atoms with Crippen LogP contribution >= 0.6 is 20.0 Å². The van der Waals surface area contributed by atoms with Gasteiger partial charge in [-0.2, -0.15) is 13.2 Å². The normalized spacial score (nSPS) is 15.5. The van der Waals surface area contributed by atoms with Crippen LogP contribution in [0.3, 0.4) is 0 Å². The minimum Gasteiger partial charge on any atom is -0.394 e. The van der Waals surface area contributed by atoms with Gasteiger partial charge in [0.15, 0.2) is 11.0 Å². The molecule has 1 unspecified atom stereocenters. The lowest BCUT2D eigenvalue weighted by Crippen LogP contribution is -2.47. The molecule has 1 rings (SSSR count). The molecule has 1 aromatic rings. The highest BCUT2D eigenvalue weighted by Crippen LogP contribution is 2.43. The largest absolute Gasteiger partial charge is 0.472 e. The van der Waals surface area contributed by atoms with Gasteiger partial charge >= 0.3 is 19.9 Å². The Morgan fingerprint density at radius 2 is 1.54 bits per heavy atom. The van der Waals surface area contributed by atoms with Crippen molar-refractivity contribution >= 4 is 25.9 Å². The number of nitrogens with zero attached hydrogens (tertiary/aromatic N) is 1. The lowest BCUT2D eigenvalue weighted by Gasteiger charge is -2.34. The maximum Gasteiger partial charge on any atom is 0.472 e. The summed E-state index contributed by atoms with van der Waals surface area (Å²) in [7, 11) is -4.96. The number of carbonyl (C=O) groups is 1. The Labute approximate surface area is 285 Å². The number of H-pyrrole nitrogens is 1. The summed E-state index contributed by atoms with van der Waals surface area (Å²) in [4.78, 5) is 35.6. The van der Waals surface area contributed by atoms with Crippen LogP contribution in [0, 0.1) is 4.77 Å². The van der Waals surface area contributed by atoms with Crippen LogP contribution in [0.2, 0.25) is 0 Å². The maximum absolute atomic E-state index is 12.9. The van der Waals surface area contributed by atoms with Crippen molar-refractivity contribution in [3.05, 3.63) is 27.4 Å². The molecule has 18 heteroatoms. The molecule has 0 radical (unpaired) electrons. The molecule has 13 nitrogen and oxygen atoms in total. The van der Waals surface area contributed by atoms with E-state index in [0.29, 0.717) is 6.42 Å². The molecule has 1 amide bonds. The second-order valence-electron chi connectivity index (χ2n) is 12.2. The number of aromatic amines is 1. The number of aliphatic hydroxyl groups excluding tert-OH is 1. The Kier molecular flexibility index (Phi) is 21.2. The summed E-state index contributed by atoms with van der Waals surface area (Å²) < 4.78 is 73.1. The van der Waals surface area contributed by atoms with E-state index in [4.69, 9.17) is 30.7 Å². The van der Waals surface area contributed by atoms with E-state index in [2.05, 4.69) is 11.9 Å². The van der Waals surface area contributed by atoms with Crippen LogP contribution in [0.5, 0.6) is 0 Å². The molecule has 0 saturated carbocycles. The Bertz CT molecular complexity index is 1210. The third kappa shape index (κ3) is 19.5. The summed E-state index contributed by atoms with van der Waals surface area (Å²) in [6.45, 7) is 2.31. The number of hydrogen-bond acceptors (Lipinski definition) is 10. The molecule has 5 N–H and O–H groups in total. The Morgan fingerprint density at radius 1 is 1.00 bits per heavy atom. The van der Waals surface area contributed by atoms with Gasteiger partial charge in [0.1, 0.15) is 11.7 Å². The van der Waals surface area contributed by atoms with Crippen LogP contribution in [0.4, 0.5) is 13.2 Å². The van der Waals surface area contributed by atoms with E-state index in [9.17, 15) is 42.4 Å². The SMILES string of the molecule is CCCCCCCCCCCCCCOC[C@@H](COP(=O)(O)OC[C@H](CO)O[C@@H](n1ccc(=O)[nH]c1=S)C(C)(C)O)NC(=O)C(F)(F)F. The first-order valence-corrected chi connectivity index (χ1v) is 18.3. The van der Waals surface area contributed by atoms with Gasteiger partial charge < -0.3 is 29.9 Å². The fourth-order valence-electron chi connectivity index (χ4n) is 4.57. The summed E-state index contributed by atoms with van der Waals surface area (Å²) in [6, 6.07) is -0.318. The van der Waals surface area contributed by atoms with E-state index in [1.165, 1.54) is 69.6 Å². The van der Waals surface area contributed by atoms with Gasteiger partial charge in [-0.3, -0.25) is 28.2 Å². The third-order valence-electron chi connectivity index (χ3n) is 7.15. The summed E-state index contributed by atoms with van der Waals surface area (Å²) in [5.41, 5.74) is -2.15. The van der Waals surface area contributed by atoms with Crippen molar-refractivity contribution in [2.24, 2.45) is 0 Å². The van der Waals surface area contributed by atoms with Crippen LogP contribution in [0.15, 0.2) is 17.1 Å². The highest BCUT2D eigenvalue weighted by atomic mass is 32.1. The third-order valence-corrected chi connectivity index (χ3v) is 8.41. The quantitative estimate of drug-likeness (QED) is 0.0440. The zero-order valence-electron chi connectivity index (χ0n) is 28.0. The number of phosphoric acid groups is 1. The number of halogens is 3. The number of hydrogen-bond donors (Lipinski definition) is 5. The van der Waals surface area contributed by atoms with Gasteiger partial charge in [-0.05, 0) is 32.5 Å². The van der Waals surface area contributed by atoms with E-state index in [-0.39, 0.29) is 11.4 Å². The second-order valence-corrected chi connectivity index (χ2v) is 14.0. The number of unbranched alkanes of at least 4 members (excludes halogenated alkanes) is 11. The molecule has 0 aromatic carbocycles. The van der Waals surface area contributed by atoms with E-state index in [1.54, 1.807) is 5.32 Å². The van der Waals surface area contributed by atoms with Gasteiger partial charge in [0.05, 0.1) is 32.5 Å². The van der Waals surface area contributed by atoms with Crippen LogP contribution in [0.1, 0.15) is 104 Å². The van der Waals surface area contributed by atoms with Crippen molar-refractivity contribution in [2.75, 3.05) is 33.0 Å². The lowest BCUT2D eigenvalue weighted by molar-refractivity contribution is -0.175.